The molecule has 2 bridgehead atoms. The number of nitrogens with zero attached hydrogens (tertiary/aromatic N) is 3. The van der Waals surface area contributed by atoms with Crippen molar-refractivity contribution in [1.29, 1.82) is 0 Å². The number of primary sulfonamides is 1. The first-order chi connectivity index (χ1) is 12.5. The Bertz CT molecular complexity index is 1060. The molecule has 2 aliphatic rings. The number of anilines is 1. The standard InChI is InChI=1S/C16H17N5O3S2/c17-26(22,23)11-5-12(15-18-3-4-25-15)14-13(6-11)20-16(24-14)21-7-9-1-2-10(8-21)19-9/h3-6,9-10,19H,1-2,7-8H2,(H2,17,22,23). The Morgan fingerprint density at radius 3 is 2.69 bits per heavy atom. The molecule has 0 saturated carbocycles. The Hall–Kier alpha value is -2.01. The zero-order chi connectivity index (χ0) is 17.9. The molecule has 4 heterocycles. The van der Waals surface area contributed by atoms with Crippen LogP contribution < -0.4 is 15.4 Å². The second-order valence-corrected chi connectivity index (χ2v) is 9.20. The minimum atomic E-state index is -3.86. The molecule has 3 aromatic rings. The predicted molar refractivity (Wildman–Crippen MR) is 98.6 cm³/mol. The monoisotopic (exact) mass is 391 g/mol. The summed E-state index contributed by atoms with van der Waals surface area (Å²) in [4.78, 5) is 11.0. The zero-order valence-corrected chi connectivity index (χ0v) is 15.4. The molecular formula is C16H17N5O3S2. The molecule has 0 spiro atoms. The van der Waals surface area contributed by atoms with Gasteiger partial charge in [-0.25, -0.2) is 18.5 Å². The Morgan fingerprint density at radius 1 is 1.27 bits per heavy atom. The van der Waals surface area contributed by atoms with E-state index in [4.69, 9.17) is 9.56 Å². The Morgan fingerprint density at radius 2 is 2.04 bits per heavy atom. The maximum absolute atomic E-state index is 11.9. The van der Waals surface area contributed by atoms with Crippen LogP contribution in [0.15, 0.2) is 33.0 Å². The summed E-state index contributed by atoms with van der Waals surface area (Å²) < 4.78 is 29.8. The van der Waals surface area contributed by atoms with E-state index in [9.17, 15) is 8.42 Å². The van der Waals surface area contributed by atoms with Gasteiger partial charge in [0, 0.05) is 36.8 Å². The highest BCUT2D eigenvalue weighted by Gasteiger charge is 2.34. The number of benzene rings is 1. The van der Waals surface area contributed by atoms with Crippen molar-refractivity contribution in [2.75, 3.05) is 18.0 Å². The Balaban J connectivity index is 1.66. The lowest BCUT2D eigenvalue weighted by atomic mass is 10.2. The van der Waals surface area contributed by atoms with E-state index in [0.717, 1.165) is 25.9 Å². The molecule has 26 heavy (non-hydrogen) atoms. The third-order valence-corrected chi connectivity index (χ3v) is 6.63. The van der Waals surface area contributed by atoms with Gasteiger partial charge in [0.2, 0.25) is 10.0 Å². The van der Waals surface area contributed by atoms with E-state index in [0.29, 0.717) is 39.8 Å². The summed E-state index contributed by atoms with van der Waals surface area (Å²) >= 11 is 1.41. The predicted octanol–water partition coefficient (Wildman–Crippen LogP) is 1.54. The highest BCUT2D eigenvalue weighted by atomic mass is 32.2. The average molecular weight is 391 g/mol. The first-order valence-electron chi connectivity index (χ1n) is 8.35. The third kappa shape index (κ3) is 2.69. The number of fused-ring (bicyclic) bond motifs is 3. The van der Waals surface area contributed by atoms with Crippen LogP contribution >= 0.6 is 11.3 Å². The number of hydrogen-bond donors (Lipinski definition) is 2. The molecule has 0 amide bonds. The largest absolute Gasteiger partial charge is 0.423 e. The minimum absolute atomic E-state index is 0.00966. The Labute approximate surface area is 154 Å². The summed E-state index contributed by atoms with van der Waals surface area (Å²) in [7, 11) is -3.86. The highest BCUT2D eigenvalue weighted by molar-refractivity contribution is 7.89. The van der Waals surface area contributed by atoms with Crippen molar-refractivity contribution in [1.82, 2.24) is 15.3 Å². The van der Waals surface area contributed by atoms with E-state index in [2.05, 4.69) is 20.2 Å². The zero-order valence-electron chi connectivity index (χ0n) is 13.8. The molecule has 2 atom stereocenters. The van der Waals surface area contributed by atoms with Crippen molar-refractivity contribution >= 4 is 38.5 Å². The molecular weight excluding hydrogens is 374 g/mol. The molecule has 1 aromatic carbocycles. The topological polar surface area (TPSA) is 114 Å². The number of sulfonamides is 1. The number of piperazine rings is 1. The lowest BCUT2D eigenvalue weighted by Crippen LogP contribution is -2.51. The van der Waals surface area contributed by atoms with E-state index < -0.39 is 10.0 Å². The fourth-order valence-corrected chi connectivity index (χ4v) is 4.97. The van der Waals surface area contributed by atoms with Crippen LogP contribution in [-0.2, 0) is 10.0 Å². The van der Waals surface area contributed by atoms with Gasteiger partial charge in [-0.3, -0.25) is 0 Å². The number of rotatable bonds is 3. The summed E-state index contributed by atoms with van der Waals surface area (Å²) in [5, 5.41) is 11.4. The van der Waals surface area contributed by atoms with Crippen LogP contribution in [0.1, 0.15) is 12.8 Å². The normalized spacial score (nSPS) is 23.0. The SMILES string of the molecule is NS(=O)(=O)c1cc(-c2nccs2)c2oc(N3CC4CCC(C3)N4)nc2c1. The summed E-state index contributed by atoms with van der Waals surface area (Å²) in [6.07, 6.45) is 3.98. The van der Waals surface area contributed by atoms with Gasteiger partial charge < -0.3 is 14.6 Å². The maximum Gasteiger partial charge on any atom is 0.298 e. The lowest BCUT2D eigenvalue weighted by Gasteiger charge is -2.31. The third-order valence-electron chi connectivity index (χ3n) is 4.93. The van der Waals surface area contributed by atoms with Gasteiger partial charge in [0.05, 0.1) is 10.5 Å². The van der Waals surface area contributed by atoms with Gasteiger partial charge in [0.25, 0.3) is 6.01 Å². The molecule has 5 rings (SSSR count). The molecule has 0 aliphatic carbocycles. The van der Waals surface area contributed by atoms with Gasteiger partial charge in [-0.15, -0.1) is 11.3 Å². The first-order valence-corrected chi connectivity index (χ1v) is 10.8. The average Bonchev–Trinajstić information content (AvgIpc) is 3.32. The molecule has 10 heteroatoms. The van der Waals surface area contributed by atoms with Crippen molar-refractivity contribution in [3.63, 3.8) is 0 Å². The van der Waals surface area contributed by atoms with E-state index in [1.807, 2.05) is 5.38 Å². The summed E-state index contributed by atoms with van der Waals surface area (Å²) in [5.41, 5.74) is 1.61. The van der Waals surface area contributed by atoms with Crippen molar-refractivity contribution < 1.29 is 12.8 Å². The van der Waals surface area contributed by atoms with Crippen LogP contribution in [0.5, 0.6) is 0 Å². The number of hydrogen-bond acceptors (Lipinski definition) is 8. The highest BCUT2D eigenvalue weighted by Crippen LogP contribution is 2.36. The second kappa shape index (κ2) is 5.74. The summed E-state index contributed by atoms with van der Waals surface area (Å²) in [5.74, 6) is 0. The molecule has 2 saturated heterocycles. The van der Waals surface area contributed by atoms with Gasteiger partial charge in [-0.1, -0.05) is 0 Å². The number of aromatic nitrogens is 2. The van der Waals surface area contributed by atoms with Crippen LogP contribution in [0.4, 0.5) is 6.01 Å². The molecule has 0 radical (unpaired) electrons. The van der Waals surface area contributed by atoms with E-state index in [1.165, 1.54) is 23.5 Å². The van der Waals surface area contributed by atoms with Crippen LogP contribution in [0.3, 0.4) is 0 Å². The van der Waals surface area contributed by atoms with E-state index >= 15 is 0 Å². The van der Waals surface area contributed by atoms with Crippen molar-refractivity contribution in [2.24, 2.45) is 5.14 Å². The summed E-state index contributed by atoms with van der Waals surface area (Å²) in [6.45, 7) is 1.66. The van der Waals surface area contributed by atoms with Crippen molar-refractivity contribution in [3.05, 3.63) is 23.7 Å². The minimum Gasteiger partial charge on any atom is -0.423 e. The van der Waals surface area contributed by atoms with Gasteiger partial charge in [-0.2, -0.15) is 4.98 Å². The van der Waals surface area contributed by atoms with Gasteiger partial charge >= 0.3 is 0 Å². The van der Waals surface area contributed by atoms with E-state index in [-0.39, 0.29) is 4.90 Å². The molecule has 136 valence electrons. The number of thiazole rings is 1. The molecule has 3 N–H and O–H groups in total. The molecule has 2 unspecified atom stereocenters. The van der Waals surface area contributed by atoms with Crippen LogP contribution in [0.25, 0.3) is 21.7 Å². The maximum atomic E-state index is 11.9. The van der Waals surface area contributed by atoms with Gasteiger partial charge in [0.1, 0.15) is 10.5 Å². The first kappa shape index (κ1) is 16.2. The number of oxazole rings is 1. The fourth-order valence-electron chi connectivity index (χ4n) is 3.76. The van der Waals surface area contributed by atoms with Crippen molar-refractivity contribution in [3.8, 4) is 10.6 Å². The number of nitrogens with one attached hydrogen (secondary N) is 1. The van der Waals surface area contributed by atoms with Crippen LogP contribution in [0.2, 0.25) is 0 Å². The van der Waals surface area contributed by atoms with Gasteiger partial charge in [-0.05, 0) is 25.0 Å². The number of nitrogens with two attached hydrogens (primary N) is 1. The smallest absolute Gasteiger partial charge is 0.298 e. The molecule has 2 aromatic heterocycles. The second-order valence-electron chi connectivity index (χ2n) is 6.74. The van der Waals surface area contributed by atoms with Gasteiger partial charge in [0.15, 0.2) is 5.58 Å². The summed E-state index contributed by atoms with van der Waals surface area (Å²) in [6, 6.07) is 4.38. The quantitative estimate of drug-likeness (QED) is 0.696. The Kier molecular flexibility index (Phi) is 3.58. The molecule has 2 aliphatic heterocycles. The van der Waals surface area contributed by atoms with E-state index in [1.54, 1.807) is 6.20 Å². The van der Waals surface area contributed by atoms with Crippen LogP contribution in [0, 0.1) is 0 Å². The van der Waals surface area contributed by atoms with Crippen LogP contribution in [-0.4, -0.2) is 43.6 Å². The molecule has 2 fully saturated rings. The molecule has 8 nitrogen and oxygen atoms in total. The fraction of sp³-hybridized carbons (Fsp3) is 0.375. The van der Waals surface area contributed by atoms with Crippen molar-refractivity contribution in [2.45, 2.75) is 29.8 Å². The lowest BCUT2D eigenvalue weighted by molar-refractivity contribution is 0.437.